The van der Waals surface area contributed by atoms with Crippen LogP contribution in [0.2, 0.25) is 0 Å². The van der Waals surface area contributed by atoms with Gasteiger partial charge < -0.3 is 5.11 Å². The molecule has 0 aliphatic heterocycles. The van der Waals surface area contributed by atoms with Gasteiger partial charge in [-0.3, -0.25) is 0 Å². The summed E-state index contributed by atoms with van der Waals surface area (Å²) in [4.78, 5) is 0. The Morgan fingerprint density at radius 1 is 1.26 bits per heavy atom. The molecule has 0 amide bonds. The first kappa shape index (κ1) is 14.1. The van der Waals surface area contributed by atoms with E-state index in [-0.39, 0.29) is 5.41 Å². The number of hydrogen-bond acceptors (Lipinski definition) is 1. The lowest BCUT2D eigenvalue weighted by atomic mass is 9.74. The topological polar surface area (TPSA) is 20.2 Å². The molecular formula is C15H17F3O. The Kier molecular flexibility index (Phi) is 3.47. The van der Waals surface area contributed by atoms with E-state index >= 15 is 0 Å². The molecule has 4 heteroatoms. The van der Waals surface area contributed by atoms with Crippen molar-refractivity contribution in [2.75, 3.05) is 0 Å². The first-order valence-electron chi connectivity index (χ1n) is 6.24. The fourth-order valence-corrected chi connectivity index (χ4v) is 2.60. The molecule has 0 saturated carbocycles. The number of alkyl halides is 3. The van der Waals surface area contributed by atoms with E-state index in [0.29, 0.717) is 18.4 Å². The molecule has 1 atom stereocenters. The molecule has 104 valence electrons. The molecule has 0 fully saturated rings. The van der Waals surface area contributed by atoms with Gasteiger partial charge in [0.25, 0.3) is 0 Å². The predicted octanol–water partition coefficient (Wildman–Crippen LogP) is 4.27. The lowest BCUT2D eigenvalue weighted by molar-refractivity contribution is -0.137. The Balaban J connectivity index is 2.37. The van der Waals surface area contributed by atoms with Gasteiger partial charge in [0.1, 0.15) is 0 Å². The Labute approximate surface area is 110 Å². The highest BCUT2D eigenvalue weighted by atomic mass is 19.4. The normalized spacial score (nSPS) is 23.1. The van der Waals surface area contributed by atoms with Crippen LogP contribution < -0.4 is 0 Å². The number of halogens is 3. The van der Waals surface area contributed by atoms with Gasteiger partial charge in [-0.05, 0) is 41.5 Å². The third-order valence-electron chi connectivity index (χ3n) is 3.38. The fraction of sp³-hybridized carbons (Fsp3) is 0.467. The minimum atomic E-state index is -4.33. The first-order chi connectivity index (χ1) is 8.67. The van der Waals surface area contributed by atoms with E-state index in [9.17, 15) is 18.3 Å². The summed E-state index contributed by atoms with van der Waals surface area (Å²) in [6, 6.07) is 5.29. The highest BCUT2D eigenvalue weighted by Crippen LogP contribution is 2.40. The van der Waals surface area contributed by atoms with Crippen molar-refractivity contribution in [3.05, 3.63) is 41.5 Å². The largest absolute Gasteiger partial charge is 0.416 e. The smallest absolute Gasteiger partial charge is 0.389 e. The SMILES string of the molecule is CC1(C)CC(c2cccc(C(F)(F)F)c2)=CC(O)C1. The monoisotopic (exact) mass is 270 g/mol. The van der Waals surface area contributed by atoms with Crippen LogP contribution in [0.25, 0.3) is 5.57 Å². The van der Waals surface area contributed by atoms with Crippen LogP contribution in [-0.4, -0.2) is 11.2 Å². The Morgan fingerprint density at radius 2 is 1.95 bits per heavy atom. The van der Waals surface area contributed by atoms with Crippen molar-refractivity contribution in [2.45, 2.75) is 39.0 Å². The van der Waals surface area contributed by atoms with Crippen LogP contribution in [0.5, 0.6) is 0 Å². The zero-order valence-corrected chi connectivity index (χ0v) is 11.0. The van der Waals surface area contributed by atoms with Crippen molar-refractivity contribution >= 4 is 5.57 Å². The molecule has 1 aliphatic carbocycles. The second kappa shape index (κ2) is 4.67. The Bertz CT molecular complexity index is 500. The number of allylic oxidation sites excluding steroid dienone is 1. The average Bonchev–Trinajstić information content (AvgIpc) is 2.25. The zero-order chi connectivity index (χ0) is 14.3. The Hall–Kier alpha value is -1.29. The molecule has 0 spiro atoms. The lowest BCUT2D eigenvalue weighted by Gasteiger charge is -2.32. The summed E-state index contributed by atoms with van der Waals surface area (Å²) in [5.74, 6) is 0. The predicted molar refractivity (Wildman–Crippen MR) is 68.4 cm³/mol. The molecular weight excluding hydrogens is 253 g/mol. The lowest BCUT2D eigenvalue weighted by Crippen LogP contribution is -2.24. The van der Waals surface area contributed by atoms with Gasteiger partial charge in [-0.2, -0.15) is 13.2 Å². The van der Waals surface area contributed by atoms with Crippen molar-refractivity contribution in [1.82, 2.24) is 0 Å². The molecule has 1 N–H and O–H groups in total. The second-order valence-electron chi connectivity index (χ2n) is 5.88. The summed E-state index contributed by atoms with van der Waals surface area (Å²) in [5, 5.41) is 9.81. The minimum absolute atomic E-state index is 0.0995. The number of aliphatic hydroxyl groups is 1. The molecule has 2 rings (SSSR count). The number of benzene rings is 1. The molecule has 1 unspecified atom stereocenters. The van der Waals surface area contributed by atoms with Crippen LogP contribution in [0.1, 0.15) is 37.8 Å². The van der Waals surface area contributed by atoms with E-state index in [1.807, 2.05) is 13.8 Å². The summed E-state index contributed by atoms with van der Waals surface area (Å²) >= 11 is 0. The van der Waals surface area contributed by atoms with Gasteiger partial charge in [-0.15, -0.1) is 0 Å². The van der Waals surface area contributed by atoms with E-state index in [2.05, 4.69) is 0 Å². The molecule has 1 nitrogen and oxygen atoms in total. The van der Waals surface area contributed by atoms with Crippen LogP contribution >= 0.6 is 0 Å². The highest BCUT2D eigenvalue weighted by Gasteiger charge is 2.32. The van der Waals surface area contributed by atoms with Gasteiger partial charge in [0.05, 0.1) is 11.7 Å². The zero-order valence-electron chi connectivity index (χ0n) is 11.0. The van der Waals surface area contributed by atoms with Gasteiger partial charge in [-0.25, -0.2) is 0 Å². The molecule has 1 aliphatic rings. The number of aliphatic hydroxyl groups excluding tert-OH is 1. The standard InChI is InChI=1S/C15H17F3O/c1-14(2)8-11(7-13(19)9-14)10-4-3-5-12(6-10)15(16,17)18/h3-7,13,19H,8-9H2,1-2H3. The van der Waals surface area contributed by atoms with E-state index < -0.39 is 17.8 Å². The van der Waals surface area contributed by atoms with Crippen molar-refractivity contribution in [1.29, 1.82) is 0 Å². The van der Waals surface area contributed by atoms with E-state index in [1.54, 1.807) is 12.1 Å². The minimum Gasteiger partial charge on any atom is -0.389 e. The van der Waals surface area contributed by atoms with Gasteiger partial charge in [0.15, 0.2) is 0 Å². The van der Waals surface area contributed by atoms with E-state index in [1.165, 1.54) is 6.07 Å². The average molecular weight is 270 g/mol. The molecule has 1 aromatic carbocycles. The highest BCUT2D eigenvalue weighted by molar-refractivity contribution is 5.68. The number of hydrogen-bond donors (Lipinski definition) is 1. The fourth-order valence-electron chi connectivity index (χ4n) is 2.60. The van der Waals surface area contributed by atoms with Crippen LogP contribution in [0, 0.1) is 5.41 Å². The van der Waals surface area contributed by atoms with Crippen LogP contribution in [0.4, 0.5) is 13.2 Å². The van der Waals surface area contributed by atoms with Crippen LogP contribution in [0.15, 0.2) is 30.3 Å². The third kappa shape index (κ3) is 3.38. The maximum Gasteiger partial charge on any atom is 0.416 e. The molecule has 0 saturated heterocycles. The summed E-state index contributed by atoms with van der Waals surface area (Å²) in [7, 11) is 0. The van der Waals surface area contributed by atoms with Gasteiger partial charge in [0, 0.05) is 0 Å². The molecule has 0 aromatic heterocycles. The summed E-state index contributed by atoms with van der Waals surface area (Å²) in [6.45, 7) is 4.02. The summed E-state index contributed by atoms with van der Waals surface area (Å²) in [6.07, 6.45) is -1.95. The van der Waals surface area contributed by atoms with E-state index in [4.69, 9.17) is 0 Å². The maximum atomic E-state index is 12.7. The van der Waals surface area contributed by atoms with Crippen molar-refractivity contribution in [3.8, 4) is 0 Å². The van der Waals surface area contributed by atoms with Gasteiger partial charge >= 0.3 is 6.18 Å². The second-order valence-corrected chi connectivity index (χ2v) is 5.88. The van der Waals surface area contributed by atoms with Crippen molar-refractivity contribution in [2.24, 2.45) is 5.41 Å². The molecule has 19 heavy (non-hydrogen) atoms. The third-order valence-corrected chi connectivity index (χ3v) is 3.38. The Morgan fingerprint density at radius 3 is 2.53 bits per heavy atom. The van der Waals surface area contributed by atoms with Crippen LogP contribution in [-0.2, 0) is 6.18 Å². The summed E-state index contributed by atoms with van der Waals surface area (Å²) < 4.78 is 38.1. The van der Waals surface area contributed by atoms with E-state index in [0.717, 1.165) is 17.7 Å². The van der Waals surface area contributed by atoms with Crippen molar-refractivity contribution < 1.29 is 18.3 Å². The number of rotatable bonds is 1. The molecule has 0 radical (unpaired) electrons. The summed E-state index contributed by atoms with van der Waals surface area (Å²) in [5.41, 5.74) is 0.581. The quantitative estimate of drug-likeness (QED) is 0.808. The van der Waals surface area contributed by atoms with Crippen LogP contribution in [0.3, 0.4) is 0 Å². The van der Waals surface area contributed by atoms with Gasteiger partial charge in [-0.1, -0.05) is 32.1 Å². The first-order valence-corrected chi connectivity index (χ1v) is 6.24. The van der Waals surface area contributed by atoms with Crippen molar-refractivity contribution in [3.63, 3.8) is 0 Å². The molecule has 1 aromatic rings. The maximum absolute atomic E-state index is 12.7. The molecule has 0 bridgehead atoms. The molecule has 0 heterocycles. The van der Waals surface area contributed by atoms with Gasteiger partial charge in [0.2, 0.25) is 0 Å².